The summed E-state index contributed by atoms with van der Waals surface area (Å²) < 4.78 is 3.09. The summed E-state index contributed by atoms with van der Waals surface area (Å²) >= 11 is 6.04. The summed E-state index contributed by atoms with van der Waals surface area (Å²) in [5.41, 5.74) is 4.73. The van der Waals surface area contributed by atoms with Gasteiger partial charge in [-0.1, -0.05) is 35.9 Å². The number of halogens is 1. The summed E-state index contributed by atoms with van der Waals surface area (Å²) in [4.78, 5) is 18.0. The third kappa shape index (κ3) is 3.25. The van der Waals surface area contributed by atoms with E-state index < -0.39 is 0 Å². The van der Waals surface area contributed by atoms with Crippen molar-refractivity contribution in [2.75, 3.05) is 6.61 Å². The molecule has 1 N–H and O–H groups in total. The van der Waals surface area contributed by atoms with Gasteiger partial charge < -0.3 is 5.11 Å². The molecule has 0 spiro atoms. The minimum atomic E-state index is -0.296. The van der Waals surface area contributed by atoms with Crippen LogP contribution in [0.25, 0.3) is 38.8 Å². The van der Waals surface area contributed by atoms with E-state index >= 15 is 0 Å². The van der Waals surface area contributed by atoms with E-state index in [9.17, 15) is 15.2 Å². The quantitative estimate of drug-likeness (QED) is 0.445. The number of pyridine rings is 1. The van der Waals surface area contributed by atoms with Crippen molar-refractivity contribution < 1.29 is 5.11 Å². The standard InChI is InChI=1S/C25H17ClN4O2/c26-19-7-4-17(5-8-19)18-6-9-22-21(13-18)24-23(15-28-22)29(10-11-31)25(32)30(24)20-3-1-2-16(12-20)14-27/h1-9,12-13,15,31H,10-11H2. The van der Waals surface area contributed by atoms with E-state index in [-0.39, 0.29) is 18.8 Å². The molecule has 0 unspecified atom stereocenters. The molecule has 5 aromatic rings. The third-order valence-corrected chi connectivity index (χ3v) is 5.74. The molecule has 156 valence electrons. The number of aliphatic hydroxyl groups is 1. The smallest absolute Gasteiger partial charge is 0.333 e. The maximum Gasteiger partial charge on any atom is 0.333 e. The van der Waals surface area contributed by atoms with Gasteiger partial charge in [0.15, 0.2) is 0 Å². The lowest BCUT2D eigenvalue weighted by molar-refractivity contribution is 0.276. The molecule has 0 radical (unpaired) electrons. The zero-order valence-electron chi connectivity index (χ0n) is 16.9. The maximum absolute atomic E-state index is 13.4. The first-order valence-corrected chi connectivity index (χ1v) is 10.4. The van der Waals surface area contributed by atoms with Crippen LogP contribution in [0.3, 0.4) is 0 Å². The monoisotopic (exact) mass is 440 g/mol. The SMILES string of the molecule is N#Cc1cccc(-n2c(=O)n(CCO)c3cnc4ccc(-c5ccc(Cl)cc5)cc4c32)c1. The Labute approximate surface area is 188 Å². The second kappa shape index (κ2) is 7.97. The molecule has 0 saturated carbocycles. The molecular weight excluding hydrogens is 424 g/mol. The van der Waals surface area contributed by atoms with Gasteiger partial charge in [-0.05, 0) is 53.6 Å². The number of rotatable bonds is 4. The normalized spacial score (nSPS) is 11.2. The van der Waals surface area contributed by atoms with Crippen LogP contribution in [0.4, 0.5) is 0 Å². The summed E-state index contributed by atoms with van der Waals surface area (Å²) in [6.45, 7) is -0.0373. The van der Waals surface area contributed by atoms with Crippen LogP contribution < -0.4 is 5.69 Å². The van der Waals surface area contributed by atoms with Crippen molar-refractivity contribution in [3.63, 3.8) is 0 Å². The predicted molar refractivity (Wildman–Crippen MR) is 125 cm³/mol. The molecule has 0 aliphatic heterocycles. The number of hydrogen-bond acceptors (Lipinski definition) is 4. The van der Waals surface area contributed by atoms with Crippen LogP contribution in [0.5, 0.6) is 0 Å². The summed E-state index contributed by atoms with van der Waals surface area (Å²) in [7, 11) is 0. The Morgan fingerprint density at radius 2 is 1.81 bits per heavy atom. The highest BCUT2D eigenvalue weighted by Crippen LogP contribution is 2.30. The van der Waals surface area contributed by atoms with E-state index in [0.717, 1.165) is 22.0 Å². The van der Waals surface area contributed by atoms with Gasteiger partial charge in [-0.2, -0.15) is 5.26 Å². The number of hydrogen-bond donors (Lipinski definition) is 1. The molecular formula is C25H17ClN4O2. The van der Waals surface area contributed by atoms with Gasteiger partial charge in [0.25, 0.3) is 0 Å². The topological polar surface area (TPSA) is 83.8 Å². The summed E-state index contributed by atoms with van der Waals surface area (Å²) in [5.74, 6) is 0. The first kappa shape index (κ1) is 20.0. The number of imidazole rings is 1. The van der Waals surface area contributed by atoms with E-state index in [1.807, 2.05) is 42.5 Å². The number of aliphatic hydroxyl groups excluding tert-OH is 1. The van der Waals surface area contributed by atoms with Crippen molar-refractivity contribution in [3.8, 4) is 22.9 Å². The van der Waals surface area contributed by atoms with Gasteiger partial charge in [0.1, 0.15) is 0 Å². The molecule has 32 heavy (non-hydrogen) atoms. The maximum atomic E-state index is 13.4. The van der Waals surface area contributed by atoms with Gasteiger partial charge >= 0.3 is 5.69 Å². The molecule has 2 aromatic heterocycles. The van der Waals surface area contributed by atoms with Crippen LogP contribution in [0, 0.1) is 11.3 Å². The highest BCUT2D eigenvalue weighted by molar-refractivity contribution is 6.30. The van der Waals surface area contributed by atoms with Crippen molar-refractivity contribution in [3.05, 3.63) is 94.0 Å². The molecule has 5 rings (SSSR count). The number of fused-ring (bicyclic) bond motifs is 3. The first-order chi connectivity index (χ1) is 15.6. The van der Waals surface area contributed by atoms with Crippen molar-refractivity contribution in [2.45, 2.75) is 6.54 Å². The molecule has 0 amide bonds. The van der Waals surface area contributed by atoms with Crippen LogP contribution in [0.15, 0.2) is 77.7 Å². The highest BCUT2D eigenvalue weighted by atomic mass is 35.5. The Morgan fingerprint density at radius 1 is 1.03 bits per heavy atom. The molecule has 2 heterocycles. The van der Waals surface area contributed by atoms with E-state index in [2.05, 4.69) is 11.1 Å². The Balaban J connectivity index is 1.88. The largest absolute Gasteiger partial charge is 0.395 e. The van der Waals surface area contributed by atoms with Crippen LogP contribution in [-0.2, 0) is 6.54 Å². The van der Waals surface area contributed by atoms with Crippen molar-refractivity contribution in [1.82, 2.24) is 14.1 Å². The fourth-order valence-corrected chi connectivity index (χ4v) is 4.14. The van der Waals surface area contributed by atoms with Gasteiger partial charge in [-0.15, -0.1) is 0 Å². The molecule has 0 saturated heterocycles. The second-order valence-electron chi connectivity index (χ2n) is 7.39. The van der Waals surface area contributed by atoms with Gasteiger partial charge in [-0.3, -0.25) is 14.1 Å². The lowest BCUT2D eigenvalue weighted by Gasteiger charge is -2.08. The zero-order chi connectivity index (χ0) is 22.2. The van der Waals surface area contributed by atoms with Crippen LogP contribution in [0.2, 0.25) is 5.02 Å². The zero-order valence-corrected chi connectivity index (χ0v) is 17.6. The average molecular weight is 441 g/mol. The van der Waals surface area contributed by atoms with E-state index in [0.29, 0.717) is 27.3 Å². The minimum absolute atomic E-state index is 0.143. The number of aromatic nitrogens is 3. The van der Waals surface area contributed by atoms with Gasteiger partial charge in [0.2, 0.25) is 0 Å². The van der Waals surface area contributed by atoms with Crippen molar-refractivity contribution >= 4 is 33.5 Å². The van der Waals surface area contributed by atoms with Crippen molar-refractivity contribution in [1.29, 1.82) is 5.26 Å². The number of nitrogens with zero attached hydrogens (tertiary/aromatic N) is 4. The molecule has 3 aromatic carbocycles. The van der Waals surface area contributed by atoms with Crippen LogP contribution >= 0.6 is 11.6 Å². The Bertz CT molecular complexity index is 1580. The molecule has 6 nitrogen and oxygen atoms in total. The lowest BCUT2D eigenvalue weighted by Crippen LogP contribution is -2.24. The van der Waals surface area contributed by atoms with E-state index in [1.54, 1.807) is 35.0 Å². The van der Waals surface area contributed by atoms with E-state index in [4.69, 9.17) is 11.6 Å². The Kier molecular flexibility index (Phi) is 4.98. The third-order valence-electron chi connectivity index (χ3n) is 5.49. The number of nitriles is 1. The first-order valence-electron chi connectivity index (χ1n) is 10.0. The fourth-order valence-electron chi connectivity index (χ4n) is 4.01. The van der Waals surface area contributed by atoms with Crippen LogP contribution in [0.1, 0.15) is 5.56 Å². The molecule has 0 aliphatic rings. The fraction of sp³-hybridized carbons (Fsp3) is 0.0800. The summed E-state index contributed by atoms with van der Waals surface area (Å²) in [5, 5.41) is 20.3. The second-order valence-corrected chi connectivity index (χ2v) is 7.82. The Morgan fingerprint density at radius 3 is 2.56 bits per heavy atom. The van der Waals surface area contributed by atoms with Gasteiger partial charge in [0, 0.05) is 10.4 Å². The van der Waals surface area contributed by atoms with Crippen LogP contribution in [-0.4, -0.2) is 25.8 Å². The molecule has 7 heteroatoms. The number of benzene rings is 3. The molecule has 0 atom stereocenters. The van der Waals surface area contributed by atoms with E-state index in [1.165, 1.54) is 4.57 Å². The van der Waals surface area contributed by atoms with Gasteiger partial charge in [-0.25, -0.2) is 4.79 Å². The lowest BCUT2D eigenvalue weighted by atomic mass is 10.0. The highest BCUT2D eigenvalue weighted by Gasteiger charge is 2.18. The predicted octanol–water partition coefficient (Wildman–Crippen LogP) is 4.52. The average Bonchev–Trinajstić information content (AvgIpc) is 3.11. The summed E-state index contributed by atoms with van der Waals surface area (Å²) in [6.07, 6.45) is 1.65. The van der Waals surface area contributed by atoms with Gasteiger partial charge in [0.05, 0.1) is 53.2 Å². The molecule has 0 fully saturated rings. The Hall–Kier alpha value is -3.92. The minimum Gasteiger partial charge on any atom is -0.395 e. The summed E-state index contributed by atoms with van der Waals surface area (Å²) in [6, 6.07) is 22.5. The van der Waals surface area contributed by atoms with Crippen molar-refractivity contribution in [2.24, 2.45) is 0 Å². The molecule has 0 aliphatic carbocycles. The molecule has 0 bridgehead atoms.